The summed E-state index contributed by atoms with van der Waals surface area (Å²) in [6, 6.07) is 1.72. The van der Waals surface area contributed by atoms with Gasteiger partial charge in [0.05, 0.1) is 15.9 Å². The summed E-state index contributed by atoms with van der Waals surface area (Å²) in [6.45, 7) is 5.33. The lowest BCUT2D eigenvalue weighted by Gasteiger charge is -2.12. The third-order valence-corrected chi connectivity index (χ3v) is 4.75. The summed E-state index contributed by atoms with van der Waals surface area (Å²) in [6.07, 6.45) is 6.38. The van der Waals surface area contributed by atoms with Crippen LogP contribution in [0.1, 0.15) is 6.92 Å². The molecule has 0 saturated heterocycles. The Morgan fingerprint density at radius 2 is 2.37 bits per heavy atom. The number of hydrazine groups is 1. The molecule has 3 N–H and O–H groups in total. The van der Waals surface area contributed by atoms with Crippen molar-refractivity contribution in [1.29, 1.82) is 0 Å². The fourth-order valence-electron chi connectivity index (χ4n) is 1.62. The molecule has 6 nitrogen and oxygen atoms in total. The van der Waals surface area contributed by atoms with Crippen LogP contribution in [-0.2, 0) is 9.71 Å². The van der Waals surface area contributed by atoms with Crippen molar-refractivity contribution in [3.8, 4) is 0 Å². The van der Waals surface area contributed by atoms with E-state index in [-0.39, 0.29) is 0 Å². The van der Waals surface area contributed by atoms with Crippen LogP contribution in [0, 0.1) is 0 Å². The van der Waals surface area contributed by atoms with Crippen LogP contribution in [-0.4, -0.2) is 24.0 Å². The molecular formula is C12H15N5OS. The van der Waals surface area contributed by atoms with Gasteiger partial charge in [0, 0.05) is 11.1 Å². The summed E-state index contributed by atoms with van der Waals surface area (Å²) in [5.74, 6) is 9.51. The fraction of sp³-hybridized carbons (Fsp3) is 0.0833. The third-order valence-electron chi connectivity index (χ3n) is 2.68. The Labute approximate surface area is 111 Å². The van der Waals surface area contributed by atoms with Gasteiger partial charge in [-0.25, -0.2) is 20.0 Å². The van der Waals surface area contributed by atoms with Crippen molar-refractivity contribution in [2.24, 2.45) is 5.84 Å². The molecule has 2 rings (SSSR count). The molecule has 0 aliphatic rings. The van der Waals surface area contributed by atoms with Crippen LogP contribution in [0.2, 0.25) is 0 Å². The number of allylic oxidation sites excluding steroid dienone is 3. The minimum absolute atomic E-state index is 0.444. The highest BCUT2D eigenvalue weighted by atomic mass is 32.2. The molecule has 0 aliphatic heterocycles. The number of hydrogen-bond acceptors (Lipinski definition) is 5. The van der Waals surface area contributed by atoms with Crippen molar-refractivity contribution < 1.29 is 4.21 Å². The van der Waals surface area contributed by atoms with E-state index in [0.717, 1.165) is 0 Å². The number of hydrogen-bond donors (Lipinski definition) is 2. The number of anilines is 1. The maximum absolute atomic E-state index is 12.7. The monoisotopic (exact) mass is 277 g/mol. The molecule has 2 aromatic rings. The van der Waals surface area contributed by atoms with Crippen molar-refractivity contribution >= 4 is 32.6 Å². The van der Waals surface area contributed by atoms with E-state index in [4.69, 9.17) is 5.84 Å². The largest absolute Gasteiger partial charge is 0.307 e. The van der Waals surface area contributed by atoms with E-state index in [1.54, 1.807) is 31.3 Å². The molecule has 1 atom stereocenters. The van der Waals surface area contributed by atoms with Crippen LogP contribution in [0.4, 0.5) is 5.82 Å². The number of fused-ring (bicyclic) bond motifs is 1. The summed E-state index contributed by atoms with van der Waals surface area (Å²) in [7, 11) is -2.65. The van der Waals surface area contributed by atoms with Gasteiger partial charge in [-0.05, 0) is 24.9 Å². The molecule has 1 unspecified atom stereocenters. The Kier molecular flexibility index (Phi) is 3.41. The first-order valence-electron chi connectivity index (χ1n) is 5.48. The van der Waals surface area contributed by atoms with E-state index in [0.29, 0.717) is 21.9 Å². The minimum Gasteiger partial charge on any atom is -0.307 e. The number of nitrogens with two attached hydrogens (primary N) is 1. The van der Waals surface area contributed by atoms with Crippen molar-refractivity contribution in [3.63, 3.8) is 0 Å². The quantitative estimate of drug-likeness (QED) is 0.380. The Morgan fingerprint density at radius 1 is 1.63 bits per heavy atom. The first-order valence-corrected chi connectivity index (χ1v) is 7.17. The molecule has 2 aromatic heterocycles. The second kappa shape index (κ2) is 4.87. The zero-order valence-electron chi connectivity index (χ0n) is 10.5. The van der Waals surface area contributed by atoms with Crippen LogP contribution in [0.25, 0.3) is 11.2 Å². The van der Waals surface area contributed by atoms with Crippen LogP contribution in [0.3, 0.4) is 0 Å². The van der Waals surface area contributed by atoms with Gasteiger partial charge in [-0.3, -0.25) is 3.97 Å². The minimum atomic E-state index is -2.65. The van der Waals surface area contributed by atoms with Crippen LogP contribution in [0.15, 0.2) is 42.1 Å². The van der Waals surface area contributed by atoms with Gasteiger partial charge in [0.2, 0.25) is 0 Å². The highest BCUT2D eigenvalue weighted by Crippen LogP contribution is 2.19. The van der Waals surface area contributed by atoms with E-state index in [1.807, 2.05) is 0 Å². The van der Waals surface area contributed by atoms with Gasteiger partial charge >= 0.3 is 0 Å². The van der Waals surface area contributed by atoms with Gasteiger partial charge in [-0.1, -0.05) is 12.7 Å². The summed E-state index contributed by atoms with van der Waals surface area (Å²) >= 11 is 0. The predicted molar refractivity (Wildman–Crippen MR) is 80.0 cm³/mol. The highest BCUT2D eigenvalue weighted by molar-refractivity contribution is 8.02. The normalized spacial score (nSPS) is 15.2. The molecule has 0 saturated carbocycles. The van der Waals surface area contributed by atoms with Crippen LogP contribution in [0.5, 0.6) is 0 Å². The van der Waals surface area contributed by atoms with Gasteiger partial charge in [0.25, 0.3) is 0 Å². The molecule has 100 valence electrons. The Balaban J connectivity index is 2.64. The SMILES string of the molecule is C=CC=C(C)S(=C)(=O)n1ccc2nc(NN)cnc21. The van der Waals surface area contributed by atoms with Gasteiger partial charge in [-0.15, -0.1) is 0 Å². The van der Waals surface area contributed by atoms with Crippen molar-refractivity contribution in [3.05, 3.63) is 42.1 Å². The first kappa shape index (κ1) is 13.3. The lowest BCUT2D eigenvalue weighted by molar-refractivity contribution is 0.680. The lowest BCUT2D eigenvalue weighted by Crippen LogP contribution is -2.13. The number of nitrogen functional groups attached to an aromatic ring is 1. The first-order chi connectivity index (χ1) is 9.00. The average molecular weight is 277 g/mol. The van der Waals surface area contributed by atoms with Crippen molar-refractivity contribution in [1.82, 2.24) is 13.9 Å². The molecule has 0 radical (unpaired) electrons. The average Bonchev–Trinajstić information content (AvgIpc) is 2.82. The standard InChI is InChI=1S/C12H15N5OS/c1-4-5-9(2)19(3,18)17-7-6-10-12(17)14-8-11(15-10)16-13/h4-8H,1,3,13H2,2H3,(H,15,16). The molecule has 0 bridgehead atoms. The highest BCUT2D eigenvalue weighted by Gasteiger charge is 2.14. The second-order valence-electron chi connectivity index (χ2n) is 3.90. The van der Waals surface area contributed by atoms with Crippen LogP contribution < -0.4 is 11.3 Å². The number of rotatable bonds is 4. The predicted octanol–water partition coefficient (Wildman–Crippen LogP) is 1.29. The Hall–Kier alpha value is -2.12. The fourth-order valence-corrected chi connectivity index (χ4v) is 2.92. The van der Waals surface area contributed by atoms with Gasteiger partial charge in [-0.2, -0.15) is 0 Å². The van der Waals surface area contributed by atoms with E-state index < -0.39 is 9.71 Å². The van der Waals surface area contributed by atoms with Gasteiger partial charge in [0.15, 0.2) is 11.5 Å². The molecule has 2 heterocycles. The number of nitrogens with one attached hydrogen (secondary N) is 1. The smallest absolute Gasteiger partial charge is 0.170 e. The summed E-state index contributed by atoms with van der Waals surface area (Å²) in [5, 5.41) is 0. The van der Waals surface area contributed by atoms with Gasteiger partial charge < -0.3 is 5.43 Å². The molecular weight excluding hydrogens is 262 g/mol. The number of nitrogens with zero attached hydrogens (tertiary/aromatic N) is 3. The van der Waals surface area contributed by atoms with Crippen LogP contribution >= 0.6 is 0 Å². The zero-order valence-corrected chi connectivity index (χ0v) is 11.4. The van der Waals surface area contributed by atoms with E-state index in [2.05, 4.69) is 27.8 Å². The van der Waals surface area contributed by atoms with E-state index >= 15 is 0 Å². The van der Waals surface area contributed by atoms with E-state index in [9.17, 15) is 4.21 Å². The molecule has 0 spiro atoms. The maximum atomic E-state index is 12.7. The number of aromatic nitrogens is 3. The summed E-state index contributed by atoms with van der Waals surface area (Å²) in [4.78, 5) is 9.04. The lowest BCUT2D eigenvalue weighted by atomic mass is 10.5. The molecule has 0 aliphatic carbocycles. The Morgan fingerprint density at radius 3 is 3.00 bits per heavy atom. The maximum Gasteiger partial charge on any atom is 0.170 e. The third kappa shape index (κ3) is 2.25. The molecule has 0 fully saturated rings. The molecule has 0 aromatic carbocycles. The second-order valence-corrected chi connectivity index (χ2v) is 6.22. The zero-order chi connectivity index (χ0) is 14.0. The summed E-state index contributed by atoms with van der Waals surface area (Å²) in [5.41, 5.74) is 3.51. The summed E-state index contributed by atoms with van der Waals surface area (Å²) < 4.78 is 14.3. The molecule has 19 heavy (non-hydrogen) atoms. The topological polar surface area (TPSA) is 85.8 Å². The Bertz CT molecular complexity index is 758. The van der Waals surface area contributed by atoms with E-state index in [1.165, 1.54) is 10.2 Å². The molecule has 7 heteroatoms. The van der Waals surface area contributed by atoms with Crippen molar-refractivity contribution in [2.45, 2.75) is 6.92 Å². The van der Waals surface area contributed by atoms with Gasteiger partial charge in [0.1, 0.15) is 5.52 Å². The van der Waals surface area contributed by atoms with Crippen molar-refractivity contribution in [2.75, 3.05) is 5.43 Å². The molecule has 0 amide bonds.